The zero-order chi connectivity index (χ0) is 16.2. The number of nitrogens with zero attached hydrogens (tertiary/aromatic N) is 2. The molecule has 5 nitrogen and oxygen atoms in total. The number of anilines is 1. The molecule has 0 saturated heterocycles. The molecule has 0 radical (unpaired) electrons. The van der Waals surface area contributed by atoms with Crippen molar-refractivity contribution in [3.63, 3.8) is 0 Å². The van der Waals surface area contributed by atoms with Crippen LogP contribution in [-0.2, 0) is 0 Å². The number of pyridine rings is 1. The van der Waals surface area contributed by atoms with Gasteiger partial charge in [-0.15, -0.1) is 0 Å². The zero-order valence-electron chi connectivity index (χ0n) is 13.2. The number of nitrogens with one attached hydrogen (secondary N) is 1. The first-order valence-electron chi connectivity index (χ1n) is 7.66. The summed E-state index contributed by atoms with van der Waals surface area (Å²) < 4.78 is 7.56. The minimum Gasteiger partial charge on any atom is -0.491 e. The molecule has 0 spiro atoms. The van der Waals surface area contributed by atoms with Crippen molar-refractivity contribution >= 4 is 17.2 Å². The highest BCUT2D eigenvalue weighted by molar-refractivity contribution is 6.05. The molecule has 0 bridgehead atoms. The summed E-state index contributed by atoms with van der Waals surface area (Å²) in [5, 5.41) is 2.91. The van der Waals surface area contributed by atoms with E-state index in [0.29, 0.717) is 23.6 Å². The van der Waals surface area contributed by atoms with E-state index in [-0.39, 0.29) is 5.91 Å². The zero-order valence-corrected chi connectivity index (χ0v) is 13.2. The van der Waals surface area contributed by atoms with Gasteiger partial charge in [0, 0.05) is 18.0 Å². The van der Waals surface area contributed by atoms with Crippen molar-refractivity contribution in [2.45, 2.75) is 20.3 Å². The van der Waals surface area contributed by atoms with Gasteiger partial charge in [-0.25, -0.2) is 4.98 Å². The van der Waals surface area contributed by atoms with Crippen LogP contribution in [0.2, 0.25) is 0 Å². The Kier molecular flexibility index (Phi) is 4.28. The molecular weight excluding hydrogens is 290 g/mol. The summed E-state index contributed by atoms with van der Waals surface area (Å²) in [5.41, 5.74) is 2.91. The van der Waals surface area contributed by atoms with E-state index in [0.717, 1.165) is 17.8 Å². The number of aromatic nitrogens is 2. The summed E-state index contributed by atoms with van der Waals surface area (Å²) in [6, 6.07) is 11.0. The van der Waals surface area contributed by atoms with Crippen molar-refractivity contribution in [3.8, 4) is 5.75 Å². The van der Waals surface area contributed by atoms with E-state index < -0.39 is 0 Å². The van der Waals surface area contributed by atoms with E-state index >= 15 is 0 Å². The molecule has 2 heterocycles. The number of ether oxygens (including phenoxy) is 1. The molecule has 23 heavy (non-hydrogen) atoms. The van der Waals surface area contributed by atoms with Gasteiger partial charge in [0.25, 0.3) is 5.91 Å². The number of benzene rings is 1. The number of fused-ring (bicyclic) bond motifs is 1. The first-order valence-corrected chi connectivity index (χ1v) is 7.66. The third kappa shape index (κ3) is 3.34. The van der Waals surface area contributed by atoms with Crippen LogP contribution in [0.1, 0.15) is 29.4 Å². The normalized spacial score (nSPS) is 10.7. The SMILES string of the molecule is CCCOc1ccccc1NC(=O)c1ccn2cc(C)nc2c1. The van der Waals surface area contributed by atoms with Crippen LogP contribution in [0.25, 0.3) is 5.65 Å². The van der Waals surface area contributed by atoms with Crippen molar-refractivity contribution in [2.24, 2.45) is 0 Å². The van der Waals surface area contributed by atoms with Crippen LogP contribution in [0.3, 0.4) is 0 Å². The standard InChI is InChI=1S/C18H19N3O2/c1-3-10-23-16-7-5-4-6-15(16)20-18(22)14-8-9-21-12-13(2)19-17(21)11-14/h4-9,11-12H,3,10H2,1-2H3,(H,20,22). The average molecular weight is 309 g/mol. The molecule has 1 N–H and O–H groups in total. The maximum atomic E-state index is 12.5. The summed E-state index contributed by atoms with van der Waals surface area (Å²) in [7, 11) is 0. The highest BCUT2D eigenvalue weighted by atomic mass is 16.5. The number of para-hydroxylation sites is 2. The van der Waals surface area contributed by atoms with Gasteiger partial charge in [-0.3, -0.25) is 4.79 Å². The van der Waals surface area contributed by atoms with E-state index in [1.54, 1.807) is 12.1 Å². The molecule has 0 unspecified atom stereocenters. The van der Waals surface area contributed by atoms with Crippen LogP contribution in [0.15, 0.2) is 48.8 Å². The van der Waals surface area contributed by atoms with Crippen molar-refractivity contribution in [2.75, 3.05) is 11.9 Å². The molecule has 1 aromatic carbocycles. The van der Waals surface area contributed by atoms with Gasteiger partial charge in [0.15, 0.2) is 0 Å². The van der Waals surface area contributed by atoms with Crippen LogP contribution in [0.4, 0.5) is 5.69 Å². The van der Waals surface area contributed by atoms with Gasteiger partial charge in [0.1, 0.15) is 11.4 Å². The topological polar surface area (TPSA) is 55.6 Å². The molecule has 0 aliphatic carbocycles. The van der Waals surface area contributed by atoms with E-state index in [4.69, 9.17) is 4.74 Å². The lowest BCUT2D eigenvalue weighted by atomic mass is 10.2. The van der Waals surface area contributed by atoms with Gasteiger partial charge in [-0.05, 0) is 37.6 Å². The molecule has 0 aliphatic heterocycles. The fraction of sp³-hybridized carbons (Fsp3) is 0.222. The Bertz CT molecular complexity index is 839. The fourth-order valence-electron chi connectivity index (χ4n) is 2.35. The number of imidazole rings is 1. The highest BCUT2D eigenvalue weighted by Gasteiger charge is 2.11. The molecule has 0 saturated carbocycles. The monoisotopic (exact) mass is 309 g/mol. The second-order valence-electron chi connectivity index (χ2n) is 5.36. The Balaban J connectivity index is 1.82. The Morgan fingerprint density at radius 2 is 2.13 bits per heavy atom. The predicted molar refractivity (Wildman–Crippen MR) is 90.1 cm³/mol. The smallest absolute Gasteiger partial charge is 0.255 e. The lowest BCUT2D eigenvalue weighted by Gasteiger charge is -2.12. The van der Waals surface area contributed by atoms with Gasteiger partial charge in [-0.1, -0.05) is 19.1 Å². The Hall–Kier alpha value is -2.82. The van der Waals surface area contributed by atoms with Crippen molar-refractivity contribution in [1.29, 1.82) is 0 Å². The number of carbonyl (C=O) groups is 1. The Morgan fingerprint density at radius 3 is 2.96 bits per heavy atom. The van der Waals surface area contributed by atoms with Gasteiger partial charge in [0.2, 0.25) is 0 Å². The van der Waals surface area contributed by atoms with Crippen molar-refractivity contribution in [1.82, 2.24) is 9.38 Å². The second-order valence-corrected chi connectivity index (χ2v) is 5.36. The van der Waals surface area contributed by atoms with Crippen LogP contribution in [0, 0.1) is 6.92 Å². The predicted octanol–water partition coefficient (Wildman–Crippen LogP) is 3.68. The minimum absolute atomic E-state index is 0.180. The molecule has 1 amide bonds. The van der Waals surface area contributed by atoms with E-state index in [9.17, 15) is 4.79 Å². The van der Waals surface area contributed by atoms with Gasteiger partial charge >= 0.3 is 0 Å². The molecule has 118 valence electrons. The number of hydrogen-bond acceptors (Lipinski definition) is 3. The molecule has 0 fully saturated rings. The molecule has 0 atom stereocenters. The molecule has 5 heteroatoms. The summed E-state index contributed by atoms with van der Waals surface area (Å²) in [4.78, 5) is 16.9. The van der Waals surface area contributed by atoms with Gasteiger partial charge < -0.3 is 14.5 Å². The molecular formula is C18H19N3O2. The Labute approximate surface area is 134 Å². The second kappa shape index (κ2) is 6.52. The number of amides is 1. The molecule has 0 aliphatic rings. The van der Waals surface area contributed by atoms with E-state index in [2.05, 4.69) is 10.3 Å². The third-order valence-electron chi connectivity index (χ3n) is 3.44. The summed E-state index contributed by atoms with van der Waals surface area (Å²) in [6.07, 6.45) is 4.67. The maximum Gasteiger partial charge on any atom is 0.255 e. The van der Waals surface area contributed by atoms with Crippen molar-refractivity contribution in [3.05, 3.63) is 60.0 Å². The van der Waals surface area contributed by atoms with Crippen LogP contribution >= 0.6 is 0 Å². The largest absolute Gasteiger partial charge is 0.491 e. The number of rotatable bonds is 5. The number of aryl methyl sites for hydroxylation is 1. The molecule has 2 aromatic heterocycles. The van der Waals surface area contributed by atoms with E-state index in [1.165, 1.54) is 0 Å². The average Bonchev–Trinajstić information content (AvgIpc) is 2.93. The van der Waals surface area contributed by atoms with E-state index in [1.807, 2.05) is 54.9 Å². The molecule has 3 rings (SSSR count). The lowest BCUT2D eigenvalue weighted by Crippen LogP contribution is -2.13. The Morgan fingerprint density at radius 1 is 1.30 bits per heavy atom. The fourth-order valence-corrected chi connectivity index (χ4v) is 2.35. The first-order chi connectivity index (χ1) is 11.2. The maximum absolute atomic E-state index is 12.5. The third-order valence-corrected chi connectivity index (χ3v) is 3.44. The highest BCUT2D eigenvalue weighted by Crippen LogP contribution is 2.24. The van der Waals surface area contributed by atoms with Crippen LogP contribution in [0.5, 0.6) is 5.75 Å². The molecule has 3 aromatic rings. The van der Waals surface area contributed by atoms with Gasteiger partial charge in [0.05, 0.1) is 18.0 Å². The quantitative estimate of drug-likeness (QED) is 0.782. The van der Waals surface area contributed by atoms with Crippen molar-refractivity contribution < 1.29 is 9.53 Å². The van der Waals surface area contributed by atoms with Crippen LogP contribution < -0.4 is 10.1 Å². The summed E-state index contributed by atoms with van der Waals surface area (Å²) in [5.74, 6) is 0.501. The lowest BCUT2D eigenvalue weighted by molar-refractivity contribution is 0.102. The number of carbonyl (C=O) groups excluding carboxylic acids is 1. The summed E-state index contributed by atoms with van der Waals surface area (Å²) >= 11 is 0. The minimum atomic E-state index is -0.180. The summed E-state index contributed by atoms with van der Waals surface area (Å²) in [6.45, 7) is 4.59. The number of hydrogen-bond donors (Lipinski definition) is 1. The first kappa shape index (κ1) is 15.1. The van der Waals surface area contributed by atoms with Gasteiger partial charge in [-0.2, -0.15) is 0 Å². The van der Waals surface area contributed by atoms with Crippen LogP contribution in [-0.4, -0.2) is 21.9 Å².